The zero-order valence-corrected chi connectivity index (χ0v) is 17.5. The zero-order chi connectivity index (χ0) is 18.6. The maximum atomic E-state index is 6.27. The molecule has 0 N–H and O–H groups in total. The molecule has 0 radical (unpaired) electrons. The van der Waals surface area contributed by atoms with Crippen molar-refractivity contribution >= 4 is 0 Å². The van der Waals surface area contributed by atoms with Gasteiger partial charge < -0.3 is 9.47 Å². The molecule has 0 bridgehead atoms. The van der Waals surface area contributed by atoms with Crippen molar-refractivity contribution in [1.82, 2.24) is 0 Å². The highest BCUT2D eigenvalue weighted by atomic mass is 16.5. The second kappa shape index (κ2) is 11.9. The molecule has 0 unspecified atom stereocenters. The third-order valence-electron chi connectivity index (χ3n) is 6.18. The highest BCUT2D eigenvalue weighted by Crippen LogP contribution is 2.46. The molecule has 0 spiro atoms. The third kappa shape index (κ3) is 8.09. The second-order valence-electron chi connectivity index (χ2n) is 8.18. The van der Waals surface area contributed by atoms with Crippen molar-refractivity contribution in [3.8, 4) is 0 Å². The Bertz CT molecular complexity index is 387. The molecule has 146 valence electrons. The van der Waals surface area contributed by atoms with Crippen LogP contribution >= 0.6 is 0 Å². The summed E-state index contributed by atoms with van der Waals surface area (Å²) in [4.78, 5) is 0. The predicted octanol–water partition coefficient (Wildman–Crippen LogP) is 6.71. The summed E-state index contributed by atoms with van der Waals surface area (Å²) in [6.45, 7) is 13.7. The minimum absolute atomic E-state index is 0.127. The van der Waals surface area contributed by atoms with Crippen LogP contribution in [0.3, 0.4) is 0 Å². The molecule has 1 aliphatic rings. The van der Waals surface area contributed by atoms with Crippen LogP contribution in [-0.4, -0.2) is 25.4 Å². The van der Waals surface area contributed by atoms with Crippen LogP contribution in [0.2, 0.25) is 0 Å². The smallest absolute Gasteiger partial charge is 0.0685 e. The number of ether oxygens (including phenoxy) is 2. The van der Waals surface area contributed by atoms with E-state index in [4.69, 9.17) is 9.47 Å². The van der Waals surface area contributed by atoms with E-state index in [1.54, 1.807) is 0 Å². The van der Waals surface area contributed by atoms with Gasteiger partial charge in [0.05, 0.1) is 18.8 Å². The molecule has 0 aromatic carbocycles. The van der Waals surface area contributed by atoms with Crippen LogP contribution in [0.5, 0.6) is 0 Å². The average Bonchev–Trinajstić information content (AvgIpc) is 2.61. The van der Waals surface area contributed by atoms with Crippen molar-refractivity contribution in [2.24, 2.45) is 11.3 Å². The van der Waals surface area contributed by atoms with Gasteiger partial charge in [-0.2, -0.15) is 0 Å². The molecule has 1 aliphatic carbocycles. The first-order valence-electron chi connectivity index (χ1n) is 10.5. The number of hydrogen-bond donors (Lipinski definition) is 0. The van der Waals surface area contributed by atoms with Crippen molar-refractivity contribution in [3.63, 3.8) is 0 Å². The fraction of sp³-hybridized carbons (Fsp3) is 0.826. The molecule has 0 amide bonds. The molecule has 0 aromatic rings. The van der Waals surface area contributed by atoms with E-state index in [1.807, 2.05) is 19.1 Å². The van der Waals surface area contributed by atoms with E-state index < -0.39 is 0 Å². The maximum absolute atomic E-state index is 6.27. The lowest BCUT2D eigenvalue weighted by atomic mass is 9.65. The van der Waals surface area contributed by atoms with Gasteiger partial charge in [-0.1, -0.05) is 51.5 Å². The summed E-state index contributed by atoms with van der Waals surface area (Å²) in [6.07, 6.45) is 18.3. The fourth-order valence-corrected chi connectivity index (χ4v) is 3.97. The van der Waals surface area contributed by atoms with Gasteiger partial charge >= 0.3 is 0 Å². The molecular weight excluding hydrogens is 308 g/mol. The van der Waals surface area contributed by atoms with E-state index in [2.05, 4.69) is 39.8 Å². The molecule has 0 heterocycles. The maximum Gasteiger partial charge on any atom is 0.0685 e. The monoisotopic (exact) mass is 350 g/mol. The third-order valence-corrected chi connectivity index (χ3v) is 6.18. The SMILES string of the molecule is CC=CCOCCC=CCCC1(OCC)CCC(C(C)(C)CC)CC1. The van der Waals surface area contributed by atoms with Crippen LogP contribution in [-0.2, 0) is 9.47 Å². The van der Waals surface area contributed by atoms with E-state index in [9.17, 15) is 0 Å². The first-order valence-corrected chi connectivity index (χ1v) is 10.5. The van der Waals surface area contributed by atoms with Crippen LogP contribution < -0.4 is 0 Å². The normalized spacial score (nSPS) is 25.2. The van der Waals surface area contributed by atoms with Gasteiger partial charge in [0.15, 0.2) is 0 Å². The first-order chi connectivity index (χ1) is 12.0. The number of rotatable bonds is 12. The summed E-state index contributed by atoms with van der Waals surface area (Å²) >= 11 is 0. The topological polar surface area (TPSA) is 18.5 Å². The lowest BCUT2D eigenvalue weighted by Crippen LogP contribution is -2.40. The minimum Gasteiger partial charge on any atom is -0.377 e. The van der Waals surface area contributed by atoms with Gasteiger partial charge in [-0.25, -0.2) is 0 Å². The Morgan fingerprint density at radius 1 is 1.04 bits per heavy atom. The summed E-state index contributed by atoms with van der Waals surface area (Å²) in [5, 5.41) is 0. The Labute approximate surface area is 157 Å². The van der Waals surface area contributed by atoms with Crippen molar-refractivity contribution in [3.05, 3.63) is 24.3 Å². The Hall–Kier alpha value is -0.600. The quantitative estimate of drug-likeness (QED) is 0.288. The van der Waals surface area contributed by atoms with Crippen molar-refractivity contribution in [2.75, 3.05) is 19.8 Å². The Morgan fingerprint density at radius 3 is 2.32 bits per heavy atom. The van der Waals surface area contributed by atoms with Crippen molar-refractivity contribution in [1.29, 1.82) is 0 Å². The lowest BCUT2D eigenvalue weighted by molar-refractivity contribution is -0.0874. The number of allylic oxidation sites excluding steroid dienone is 2. The van der Waals surface area contributed by atoms with Gasteiger partial charge in [0.2, 0.25) is 0 Å². The Morgan fingerprint density at radius 2 is 1.72 bits per heavy atom. The molecule has 1 saturated carbocycles. The van der Waals surface area contributed by atoms with Gasteiger partial charge in [0.1, 0.15) is 0 Å². The van der Waals surface area contributed by atoms with E-state index in [0.29, 0.717) is 5.41 Å². The first kappa shape index (κ1) is 22.4. The van der Waals surface area contributed by atoms with Gasteiger partial charge in [-0.3, -0.25) is 0 Å². The van der Waals surface area contributed by atoms with Crippen LogP contribution in [0.1, 0.15) is 86.0 Å². The summed E-state index contributed by atoms with van der Waals surface area (Å²) in [5.41, 5.74) is 0.604. The van der Waals surface area contributed by atoms with Gasteiger partial charge in [-0.15, -0.1) is 0 Å². The van der Waals surface area contributed by atoms with Gasteiger partial charge in [-0.05, 0) is 70.1 Å². The van der Waals surface area contributed by atoms with Crippen molar-refractivity contribution < 1.29 is 9.47 Å². The molecule has 1 rings (SSSR count). The predicted molar refractivity (Wildman–Crippen MR) is 109 cm³/mol. The van der Waals surface area contributed by atoms with Crippen LogP contribution in [0.4, 0.5) is 0 Å². The molecule has 0 saturated heterocycles. The summed E-state index contributed by atoms with van der Waals surface area (Å²) in [7, 11) is 0. The van der Waals surface area contributed by atoms with Crippen LogP contribution in [0, 0.1) is 11.3 Å². The molecule has 25 heavy (non-hydrogen) atoms. The van der Waals surface area contributed by atoms with E-state index >= 15 is 0 Å². The standard InChI is InChI=1S/C23H42O2/c1-6-9-19-24-20-13-11-10-12-16-23(25-8-3)17-14-21(15-18-23)22(4,5)7-2/h6,9-11,21H,7-8,12-20H2,1-5H3. The number of hydrogen-bond acceptors (Lipinski definition) is 2. The molecule has 0 aromatic heterocycles. The average molecular weight is 351 g/mol. The molecule has 2 heteroatoms. The molecule has 1 fully saturated rings. The molecule has 2 nitrogen and oxygen atoms in total. The van der Waals surface area contributed by atoms with Crippen LogP contribution in [0.15, 0.2) is 24.3 Å². The van der Waals surface area contributed by atoms with E-state index in [0.717, 1.165) is 45.0 Å². The van der Waals surface area contributed by atoms with Gasteiger partial charge in [0, 0.05) is 6.61 Å². The fourth-order valence-electron chi connectivity index (χ4n) is 3.97. The summed E-state index contributed by atoms with van der Waals surface area (Å²) in [6, 6.07) is 0. The second-order valence-corrected chi connectivity index (χ2v) is 8.18. The van der Waals surface area contributed by atoms with Crippen molar-refractivity contribution in [2.45, 2.75) is 91.6 Å². The Kier molecular flexibility index (Phi) is 10.7. The highest BCUT2D eigenvalue weighted by molar-refractivity contribution is 4.94. The zero-order valence-electron chi connectivity index (χ0n) is 17.5. The summed E-state index contributed by atoms with van der Waals surface area (Å²) < 4.78 is 11.8. The van der Waals surface area contributed by atoms with Crippen LogP contribution in [0.25, 0.3) is 0 Å². The Balaban J connectivity index is 2.35. The largest absolute Gasteiger partial charge is 0.377 e. The molecular formula is C23H42O2. The highest BCUT2D eigenvalue weighted by Gasteiger charge is 2.39. The van der Waals surface area contributed by atoms with E-state index in [1.165, 1.54) is 32.1 Å². The van der Waals surface area contributed by atoms with Gasteiger partial charge in [0.25, 0.3) is 0 Å². The molecule has 0 aliphatic heterocycles. The van der Waals surface area contributed by atoms with E-state index in [-0.39, 0.29) is 5.60 Å². The minimum atomic E-state index is 0.127. The summed E-state index contributed by atoms with van der Waals surface area (Å²) in [5.74, 6) is 0.857. The molecule has 0 atom stereocenters. The lowest BCUT2D eigenvalue weighted by Gasteiger charge is -2.45.